The van der Waals surface area contributed by atoms with E-state index < -0.39 is 0 Å². The molecule has 1 unspecified atom stereocenters. The fourth-order valence-electron chi connectivity index (χ4n) is 1.99. The van der Waals surface area contributed by atoms with Crippen LogP contribution in [0.5, 0.6) is 0 Å². The molecule has 0 aliphatic carbocycles. The maximum absolute atomic E-state index is 11.7. The van der Waals surface area contributed by atoms with Crippen molar-refractivity contribution in [2.24, 2.45) is 5.73 Å². The van der Waals surface area contributed by atoms with Crippen LogP contribution in [0, 0.1) is 0 Å². The third-order valence-corrected chi connectivity index (χ3v) is 3.06. The minimum atomic E-state index is 0.0421. The van der Waals surface area contributed by atoms with Gasteiger partial charge >= 0.3 is 0 Å². The Hall–Kier alpha value is -1.81. The highest BCUT2D eigenvalue weighted by Gasteiger charge is 2.08. The highest BCUT2D eigenvalue weighted by Crippen LogP contribution is 2.18. The number of amides is 1. The number of aryl methyl sites for hydroxylation is 1. The quantitative estimate of drug-likeness (QED) is 0.748. The van der Waals surface area contributed by atoms with Crippen molar-refractivity contribution in [1.82, 2.24) is 10.3 Å². The first-order valence-corrected chi connectivity index (χ1v) is 6.25. The molecule has 2 rings (SSSR count). The molecular formula is C14H19N3O. The molecule has 2 aromatic rings. The number of aromatic amines is 1. The fraction of sp³-hybridized carbons (Fsp3) is 0.357. The maximum atomic E-state index is 11.7. The number of para-hydroxylation sites is 1. The molecule has 4 heteroatoms. The molecule has 1 amide bonds. The molecule has 0 radical (unpaired) electrons. The van der Waals surface area contributed by atoms with E-state index in [1.165, 1.54) is 10.9 Å². The molecule has 0 aliphatic rings. The third kappa shape index (κ3) is 2.90. The zero-order valence-corrected chi connectivity index (χ0v) is 10.6. The summed E-state index contributed by atoms with van der Waals surface area (Å²) in [6.07, 6.45) is 3.21. The molecule has 1 atom stereocenters. The predicted molar refractivity (Wildman–Crippen MR) is 73.3 cm³/mol. The maximum Gasteiger partial charge on any atom is 0.220 e. The third-order valence-electron chi connectivity index (χ3n) is 3.06. The summed E-state index contributed by atoms with van der Waals surface area (Å²) in [6, 6.07) is 8.16. The lowest BCUT2D eigenvalue weighted by Gasteiger charge is -2.10. The number of fused-ring (bicyclic) bond motifs is 1. The van der Waals surface area contributed by atoms with Gasteiger partial charge in [0.2, 0.25) is 5.91 Å². The molecule has 1 aromatic heterocycles. The Morgan fingerprint density at radius 1 is 1.44 bits per heavy atom. The summed E-state index contributed by atoms with van der Waals surface area (Å²) in [4.78, 5) is 14.9. The van der Waals surface area contributed by atoms with Crippen LogP contribution in [0.3, 0.4) is 0 Å². The van der Waals surface area contributed by atoms with Gasteiger partial charge in [-0.3, -0.25) is 4.79 Å². The minimum absolute atomic E-state index is 0.0421. The van der Waals surface area contributed by atoms with Crippen molar-refractivity contribution in [1.29, 1.82) is 0 Å². The van der Waals surface area contributed by atoms with E-state index in [0.717, 1.165) is 11.9 Å². The van der Waals surface area contributed by atoms with Gasteiger partial charge in [-0.15, -0.1) is 0 Å². The zero-order valence-electron chi connectivity index (χ0n) is 10.6. The van der Waals surface area contributed by atoms with Crippen LogP contribution in [0.4, 0.5) is 0 Å². The molecule has 18 heavy (non-hydrogen) atoms. The Bertz CT molecular complexity index is 533. The summed E-state index contributed by atoms with van der Waals surface area (Å²) in [7, 11) is 0. The smallest absolute Gasteiger partial charge is 0.220 e. The summed E-state index contributed by atoms with van der Waals surface area (Å²) in [6.45, 7) is 2.38. The molecule has 0 aliphatic heterocycles. The molecule has 4 nitrogen and oxygen atoms in total. The fourth-order valence-corrected chi connectivity index (χ4v) is 1.99. The van der Waals surface area contributed by atoms with Gasteiger partial charge in [-0.1, -0.05) is 18.2 Å². The molecule has 1 aromatic carbocycles. The highest BCUT2D eigenvalue weighted by molar-refractivity contribution is 5.84. The normalized spacial score (nSPS) is 12.6. The number of hydrogen-bond acceptors (Lipinski definition) is 2. The summed E-state index contributed by atoms with van der Waals surface area (Å²) < 4.78 is 0. The SMILES string of the molecule is CC(CN)NC(=O)CCc1c[nH]c2ccccc12. The average molecular weight is 245 g/mol. The van der Waals surface area contributed by atoms with Crippen molar-refractivity contribution in [3.05, 3.63) is 36.0 Å². The van der Waals surface area contributed by atoms with Gasteiger partial charge in [0, 0.05) is 36.1 Å². The van der Waals surface area contributed by atoms with Gasteiger partial charge in [0.1, 0.15) is 0 Å². The summed E-state index contributed by atoms with van der Waals surface area (Å²) >= 11 is 0. The summed E-state index contributed by atoms with van der Waals surface area (Å²) in [5, 5.41) is 4.06. The Morgan fingerprint density at radius 3 is 3.00 bits per heavy atom. The highest BCUT2D eigenvalue weighted by atomic mass is 16.1. The molecule has 96 valence electrons. The van der Waals surface area contributed by atoms with Gasteiger partial charge in [0.05, 0.1) is 0 Å². The van der Waals surface area contributed by atoms with Crippen molar-refractivity contribution in [2.45, 2.75) is 25.8 Å². The van der Waals surface area contributed by atoms with Gasteiger partial charge in [-0.05, 0) is 25.0 Å². The lowest BCUT2D eigenvalue weighted by molar-refractivity contribution is -0.121. The first kappa shape index (κ1) is 12.6. The molecule has 0 saturated carbocycles. The van der Waals surface area contributed by atoms with Crippen molar-refractivity contribution in [2.75, 3.05) is 6.54 Å². The molecule has 0 spiro atoms. The largest absolute Gasteiger partial charge is 0.361 e. The Kier molecular flexibility index (Phi) is 3.99. The molecular weight excluding hydrogens is 226 g/mol. The standard InChI is InChI=1S/C14H19N3O/c1-10(8-15)17-14(18)7-6-11-9-16-13-5-3-2-4-12(11)13/h2-5,9-10,16H,6-8,15H2,1H3,(H,17,18). The van der Waals surface area contributed by atoms with E-state index in [-0.39, 0.29) is 11.9 Å². The van der Waals surface area contributed by atoms with Crippen LogP contribution in [0.1, 0.15) is 18.9 Å². The second kappa shape index (κ2) is 5.69. The van der Waals surface area contributed by atoms with Crippen molar-refractivity contribution < 1.29 is 4.79 Å². The Morgan fingerprint density at radius 2 is 2.22 bits per heavy atom. The summed E-state index contributed by atoms with van der Waals surface area (Å²) in [5.74, 6) is 0.0539. The topological polar surface area (TPSA) is 70.9 Å². The number of H-pyrrole nitrogens is 1. The molecule has 0 fully saturated rings. The van der Waals surface area contributed by atoms with E-state index in [2.05, 4.69) is 16.4 Å². The van der Waals surface area contributed by atoms with Crippen molar-refractivity contribution >= 4 is 16.8 Å². The average Bonchev–Trinajstić information content (AvgIpc) is 2.79. The van der Waals surface area contributed by atoms with Gasteiger partial charge in [-0.2, -0.15) is 0 Å². The second-order valence-corrected chi connectivity index (χ2v) is 4.56. The van der Waals surface area contributed by atoms with Crippen LogP contribution < -0.4 is 11.1 Å². The number of aromatic nitrogens is 1. The minimum Gasteiger partial charge on any atom is -0.361 e. The number of benzene rings is 1. The molecule has 0 saturated heterocycles. The monoisotopic (exact) mass is 245 g/mol. The Labute approximate surface area is 107 Å². The van der Waals surface area contributed by atoms with Gasteiger partial charge in [0.25, 0.3) is 0 Å². The number of nitrogens with one attached hydrogen (secondary N) is 2. The van der Waals surface area contributed by atoms with E-state index >= 15 is 0 Å². The number of rotatable bonds is 5. The first-order chi connectivity index (χ1) is 8.70. The van der Waals surface area contributed by atoms with Crippen molar-refractivity contribution in [3.63, 3.8) is 0 Å². The van der Waals surface area contributed by atoms with Gasteiger partial charge in [0.15, 0.2) is 0 Å². The van der Waals surface area contributed by atoms with Crippen LogP contribution in [-0.2, 0) is 11.2 Å². The first-order valence-electron chi connectivity index (χ1n) is 6.25. The molecule has 1 heterocycles. The molecule has 4 N–H and O–H groups in total. The van der Waals surface area contributed by atoms with Crippen molar-refractivity contribution in [3.8, 4) is 0 Å². The molecule has 0 bridgehead atoms. The van der Waals surface area contributed by atoms with E-state index in [0.29, 0.717) is 13.0 Å². The number of carbonyl (C=O) groups excluding carboxylic acids is 1. The summed E-state index contributed by atoms with van der Waals surface area (Å²) in [5.41, 5.74) is 7.76. The van der Waals surface area contributed by atoms with E-state index in [9.17, 15) is 4.79 Å². The van der Waals surface area contributed by atoms with Crippen LogP contribution in [-0.4, -0.2) is 23.5 Å². The van der Waals surface area contributed by atoms with Crippen LogP contribution in [0.2, 0.25) is 0 Å². The lowest BCUT2D eigenvalue weighted by Crippen LogP contribution is -2.37. The second-order valence-electron chi connectivity index (χ2n) is 4.56. The predicted octanol–water partition coefficient (Wildman–Crippen LogP) is 1.56. The lowest BCUT2D eigenvalue weighted by atomic mass is 10.1. The van der Waals surface area contributed by atoms with Crippen LogP contribution in [0.25, 0.3) is 10.9 Å². The number of hydrogen-bond donors (Lipinski definition) is 3. The zero-order chi connectivity index (χ0) is 13.0. The van der Waals surface area contributed by atoms with Crippen LogP contribution >= 0.6 is 0 Å². The number of nitrogens with two attached hydrogens (primary N) is 1. The van der Waals surface area contributed by atoms with E-state index in [1.807, 2.05) is 31.3 Å². The Balaban J connectivity index is 1.96. The van der Waals surface area contributed by atoms with Crippen LogP contribution in [0.15, 0.2) is 30.5 Å². The van der Waals surface area contributed by atoms with Gasteiger partial charge in [-0.25, -0.2) is 0 Å². The van der Waals surface area contributed by atoms with E-state index in [1.54, 1.807) is 0 Å². The van der Waals surface area contributed by atoms with Gasteiger partial charge < -0.3 is 16.0 Å². The number of carbonyl (C=O) groups is 1. The van der Waals surface area contributed by atoms with E-state index in [4.69, 9.17) is 5.73 Å².